The Labute approximate surface area is 112 Å². The molecule has 3 heteroatoms. The molecule has 100 valence electrons. The maximum Gasteiger partial charge on any atom is 0.222 e. The van der Waals surface area contributed by atoms with E-state index in [1.807, 2.05) is 0 Å². The first-order valence-corrected chi connectivity index (χ1v) is 7.50. The van der Waals surface area contributed by atoms with Crippen LogP contribution in [0.4, 0.5) is 0 Å². The van der Waals surface area contributed by atoms with E-state index in [-0.39, 0.29) is 0 Å². The molecular formula is C14H27NOS. The van der Waals surface area contributed by atoms with Crippen LogP contribution in [0.3, 0.4) is 0 Å². The van der Waals surface area contributed by atoms with Crippen molar-refractivity contribution in [1.82, 2.24) is 4.90 Å². The van der Waals surface area contributed by atoms with E-state index in [4.69, 9.17) is 0 Å². The highest BCUT2D eigenvalue weighted by Gasteiger charge is 2.28. The second-order valence-corrected chi connectivity index (χ2v) is 6.46. The van der Waals surface area contributed by atoms with Crippen molar-refractivity contribution in [2.24, 2.45) is 11.3 Å². The number of hydrogen-bond acceptors (Lipinski definition) is 2. The average Bonchev–Trinajstić information content (AvgIpc) is 2.41. The van der Waals surface area contributed by atoms with Crippen LogP contribution in [-0.4, -0.2) is 29.6 Å². The van der Waals surface area contributed by atoms with E-state index in [2.05, 4.69) is 38.3 Å². The maximum atomic E-state index is 12.1. The Hall–Kier alpha value is -0.180. The summed E-state index contributed by atoms with van der Waals surface area (Å²) >= 11 is 4.40. The van der Waals surface area contributed by atoms with Crippen molar-refractivity contribution in [3.8, 4) is 0 Å². The van der Waals surface area contributed by atoms with Crippen LogP contribution < -0.4 is 0 Å². The van der Waals surface area contributed by atoms with Crippen molar-refractivity contribution in [3.63, 3.8) is 0 Å². The molecule has 0 spiro atoms. The first-order valence-electron chi connectivity index (χ1n) is 6.87. The molecule has 0 aliphatic carbocycles. The Morgan fingerprint density at radius 1 is 1.41 bits per heavy atom. The van der Waals surface area contributed by atoms with Crippen LogP contribution in [0.25, 0.3) is 0 Å². The predicted molar refractivity (Wildman–Crippen MR) is 76.5 cm³/mol. The van der Waals surface area contributed by atoms with Gasteiger partial charge in [-0.2, -0.15) is 12.6 Å². The molecule has 1 amide bonds. The first-order chi connectivity index (χ1) is 7.98. The van der Waals surface area contributed by atoms with Crippen molar-refractivity contribution >= 4 is 18.5 Å². The van der Waals surface area contributed by atoms with Gasteiger partial charge in [-0.05, 0) is 36.3 Å². The molecule has 1 rings (SSSR count). The zero-order chi connectivity index (χ0) is 12.9. The third-order valence-electron chi connectivity index (χ3n) is 3.86. The topological polar surface area (TPSA) is 20.3 Å². The lowest BCUT2D eigenvalue weighted by atomic mass is 9.85. The second-order valence-electron chi connectivity index (χ2n) is 6.09. The predicted octanol–water partition coefficient (Wildman–Crippen LogP) is 3.37. The minimum absolute atomic E-state index is 0.325. The monoisotopic (exact) mass is 257 g/mol. The standard InChI is InChI=1S/C14H27NOS/c1-4-5-12(11-17)10-15-9-8-14(2,3)7-6-13(15)16/h12,17H,4-11H2,1-3H3. The van der Waals surface area contributed by atoms with Crippen LogP contribution in [0.2, 0.25) is 0 Å². The van der Waals surface area contributed by atoms with Gasteiger partial charge in [-0.15, -0.1) is 0 Å². The highest BCUT2D eigenvalue weighted by molar-refractivity contribution is 7.80. The summed E-state index contributed by atoms with van der Waals surface area (Å²) in [5, 5.41) is 0. The zero-order valence-corrected chi connectivity index (χ0v) is 12.4. The van der Waals surface area contributed by atoms with E-state index in [1.165, 1.54) is 12.8 Å². The van der Waals surface area contributed by atoms with Gasteiger partial charge < -0.3 is 4.90 Å². The molecule has 2 nitrogen and oxygen atoms in total. The Kier molecular flexibility index (Phi) is 5.84. The van der Waals surface area contributed by atoms with Crippen LogP contribution in [0.1, 0.15) is 52.9 Å². The molecule has 17 heavy (non-hydrogen) atoms. The zero-order valence-electron chi connectivity index (χ0n) is 11.5. The average molecular weight is 257 g/mol. The molecule has 1 saturated heterocycles. The molecule has 1 aliphatic rings. The van der Waals surface area contributed by atoms with Crippen molar-refractivity contribution in [2.75, 3.05) is 18.8 Å². The number of hydrogen-bond donors (Lipinski definition) is 1. The Morgan fingerprint density at radius 2 is 2.12 bits per heavy atom. The Bertz CT molecular complexity index is 253. The van der Waals surface area contributed by atoms with Gasteiger partial charge in [0.15, 0.2) is 0 Å². The smallest absolute Gasteiger partial charge is 0.222 e. The van der Waals surface area contributed by atoms with Crippen LogP contribution >= 0.6 is 12.6 Å². The third-order valence-corrected chi connectivity index (χ3v) is 4.38. The number of rotatable bonds is 5. The maximum absolute atomic E-state index is 12.1. The molecule has 0 aromatic carbocycles. The van der Waals surface area contributed by atoms with Crippen LogP contribution in [0.15, 0.2) is 0 Å². The fourth-order valence-corrected chi connectivity index (χ4v) is 2.74. The number of nitrogens with zero attached hydrogens (tertiary/aromatic N) is 1. The van der Waals surface area contributed by atoms with E-state index in [9.17, 15) is 4.79 Å². The molecule has 1 heterocycles. The Morgan fingerprint density at radius 3 is 2.71 bits per heavy atom. The molecule has 0 aromatic rings. The lowest BCUT2D eigenvalue weighted by Gasteiger charge is -2.26. The largest absolute Gasteiger partial charge is 0.342 e. The quantitative estimate of drug-likeness (QED) is 0.749. The molecule has 1 aliphatic heterocycles. The summed E-state index contributed by atoms with van der Waals surface area (Å²) in [5.41, 5.74) is 0.325. The molecular weight excluding hydrogens is 230 g/mol. The van der Waals surface area contributed by atoms with Gasteiger partial charge in [0.05, 0.1) is 0 Å². The summed E-state index contributed by atoms with van der Waals surface area (Å²) < 4.78 is 0. The summed E-state index contributed by atoms with van der Waals surface area (Å²) in [6, 6.07) is 0. The second kappa shape index (κ2) is 6.67. The third kappa shape index (κ3) is 4.90. The lowest BCUT2D eigenvalue weighted by Crippen LogP contribution is -2.35. The summed E-state index contributed by atoms with van der Waals surface area (Å²) in [6.07, 6.45) is 5.24. The van der Waals surface area contributed by atoms with E-state index >= 15 is 0 Å². The van der Waals surface area contributed by atoms with Crippen LogP contribution in [0, 0.1) is 11.3 Å². The van der Waals surface area contributed by atoms with Gasteiger partial charge in [0.2, 0.25) is 5.91 Å². The minimum atomic E-state index is 0.325. The SMILES string of the molecule is CCCC(CS)CN1CCC(C)(C)CCC1=O. The summed E-state index contributed by atoms with van der Waals surface area (Å²) in [4.78, 5) is 14.1. The number of likely N-dealkylation sites (tertiary alicyclic amines) is 1. The van der Waals surface area contributed by atoms with Crippen molar-refractivity contribution in [2.45, 2.75) is 52.9 Å². The van der Waals surface area contributed by atoms with Gasteiger partial charge in [-0.3, -0.25) is 4.79 Å². The normalized spacial score (nSPS) is 22.4. The minimum Gasteiger partial charge on any atom is -0.342 e. The van der Waals surface area contributed by atoms with E-state index in [0.717, 1.165) is 38.1 Å². The van der Waals surface area contributed by atoms with E-state index in [0.29, 0.717) is 17.2 Å². The summed E-state index contributed by atoms with van der Waals surface area (Å²) in [7, 11) is 0. The first kappa shape index (κ1) is 14.9. The number of amides is 1. The number of carbonyl (C=O) groups excluding carboxylic acids is 1. The van der Waals surface area contributed by atoms with Crippen LogP contribution in [-0.2, 0) is 4.79 Å². The van der Waals surface area contributed by atoms with Crippen molar-refractivity contribution < 1.29 is 4.79 Å². The molecule has 1 unspecified atom stereocenters. The van der Waals surface area contributed by atoms with Gasteiger partial charge in [0.1, 0.15) is 0 Å². The fourth-order valence-electron chi connectivity index (χ4n) is 2.44. The van der Waals surface area contributed by atoms with Crippen molar-refractivity contribution in [1.29, 1.82) is 0 Å². The number of carbonyl (C=O) groups is 1. The lowest BCUT2D eigenvalue weighted by molar-refractivity contribution is -0.131. The molecule has 0 bridgehead atoms. The van der Waals surface area contributed by atoms with Gasteiger partial charge in [0, 0.05) is 19.5 Å². The molecule has 0 saturated carbocycles. The molecule has 1 fully saturated rings. The van der Waals surface area contributed by atoms with Gasteiger partial charge in [-0.1, -0.05) is 27.2 Å². The van der Waals surface area contributed by atoms with Crippen LogP contribution in [0.5, 0.6) is 0 Å². The molecule has 0 N–H and O–H groups in total. The Balaban J connectivity index is 2.54. The molecule has 1 atom stereocenters. The molecule has 0 radical (unpaired) electrons. The van der Waals surface area contributed by atoms with Gasteiger partial charge in [-0.25, -0.2) is 0 Å². The number of thiol groups is 1. The highest BCUT2D eigenvalue weighted by Crippen LogP contribution is 2.30. The molecule has 0 aromatic heterocycles. The van der Waals surface area contributed by atoms with E-state index in [1.54, 1.807) is 0 Å². The highest BCUT2D eigenvalue weighted by atomic mass is 32.1. The van der Waals surface area contributed by atoms with Gasteiger partial charge >= 0.3 is 0 Å². The summed E-state index contributed by atoms with van der Waals surface area (Å²) in [6.45, 7) is 8.58. The fraction of sp³-hybridized carbons (Fsp3) is 0.929. The van der Waals surface area contributed by atoms with Crippen molar-refractivity contribution in [3.05, 3.63) is 0 Å². The van der Waals surface area contributed by atoms with E-state index < -0.39 is 0 Å². The van der Waals surface area contributed by atoms with Gasteiger partial charge in [0.25, 0.3) is 0 Å². The summed E-state index contributed by atoms with van der Waals surface area (Å²) in [5.74, 6) is 1.80.